The van der Waals surface area contributed by atoms with E-state index in [0.29, 0.717) is 6.42 Å². The Labute approximate surface area is 124 Å². The van der Waals surface area contributed by atoms with Crippen molar-refractivity contribution < 1.29 is 19.1 Å². The molecule has 1 N–H and O–H groups in total. The van der Waals surface area contributed by atoms with Crippen LogP contribution in [0.4, 0.5) is 0 Å². The zero-order valence-corrected chi connectivity index (χ0v) is 14.9. The molecule has 20 heavy (non-hydrogen) atoms. The van der Waals surface area contributed by atoms with Gasteiger partial charge >= 0.3 is 5.97 Å². The Kier molecular flexibility index (Phi) is 5.44. The summed E-state index contributed by atoms with van der Waals surface area (Å²) in [6.45, 7) is 15.0. The Hall–Kier alpha value is -0.393. The summed E-state index contributed by atoms with van der Waals surface area (Å²) in [5, 5.41) is 9.22. The maximum absolute atomic E-state index is 12.0. The summed E-state index contributed by atoms with van der Waals surface area (Å²) in [5.41, 5.74) is 0. The molecule has 0 unspecified atom stereocenters. The minimum absolute atomic E-state index is 0.0312. The van der Waals surface area contributed by atoms with E-state index in [1.807, 2.05) is 6.92 Å². The van der Waals surface area contributed by atoms with Crippen LogP contribution in [0.15, 0.2) is 0 Å². The van der Waals surface area contributed by atoms with Crippen LogP contribution in [-0.2, 0) is 14.0 Å². The molecule has 5 heteroatoms. The fourth-order valence-corrected chi connectivity index (χ4v) is 3.79. The highest BCUT2D eigenvalue weighted by atomic mass is 28.4. The van der Waals surface area contributed by atoms with Crippen LogP contribution in [0.5, 0.6) is 0 Å². The van der Waals surface area contributed by atoms with E-state index in [1.165, 1.54) is 0 Å². The molecule has 0 aromatic rings. The fraction of sp³-hybridized carbons (Fsp3) is 0.933. The standard InChI is InChI=1S/C15H30O4Si/c1-10-12(8-9-16)18-14(17)11(2)13(10)19-20(6,7)15(3,4)5/h10-13,16H,8-9H2,1-7H3/t10-,11-,12+,13-/m1/s1. The lowest BCUT2D eigenvalue weighted by Gasteiger charge is -2.46. The van der Waals surface area contributed by atoms with Crippen molar-refractivity contribution in [2.75, 3.05) is 6.61 Å². The highest BCUT2D eigenvalue weighted by Gasteiger charge is 2.47. The first-order valence-electron chi connectivity index (χ1n) is 7.50. The first kappa shape index (κ1) is 17.7. The normalized spacial score (nSPS) is 32.1. The molecule has 4 nitrogen and oxygen atoms in total. The average Bonchev–Trinajstić information content (AvgIpc) is 2.30. The van der Waals surface area contributed by atoms with Gasteiger partial charge in [0, 0.05) is 18.9 Å². The number of carbonyl (C=O) groups excluding carboxylic acids is 1. The maximum atomic E-state index is 12.0. The lowest BCUT2D eigenvalue weighted by Crippen LogP contribution is -2.54. The van der Waals surface area contributed by atoms with Gasteiger partial charge in [0.05, 0.1) is 12.0 Å². The number of aliphatic hydroxyl groups is 1. The summed E-state index contributed by atoms with van der Waals surface area (Å²) in [7, 11) is -1.93. The number of hydrogen-bond acceptors (Lipinski definition) is 4. The van der Waals surface area contributed by atoms with Crippen molar-refractivity contribution in [2.45, 2.75) is 71.4 Å². The van der Waals surface area contributed by atoms with Crippen LogP contribution in [0.3, 0.4) is 0 Å². The zero-order valence-electron chi connectivity index (χ0n) is 13.9. The number of esters is 1. The van der Waals surface area contributed by atoms with E-state index in [0.717, 1.165) is 0 Å². The van der Waals surface area contributed by atoms with Gasteiger partial charge in [0.25, 0.3) is 0 Å². The molecule has 0 aromatic carbocycles. The molecular weight excluding hydrogens is 272 g/mol. The van der Waals surface area contributed by atoms with Crippen LogP contribution in [0, 0.1) is 11.8 Å². The fourth-order valence-electron chi connectivity index (χ4n) is 2.34. The van der Waals surface area contributed by atoms with E-state index < -0.39 is 8.32 Å². The molecule has 0 saturated carbocycles. The van der Waals surface area contributed by atoms with Crippen LogP contribution < -0.4 is 0 Å². The summed E-state index contributed by atoms with van der Waals surface area (Å²) in [4.78, 5) is 12.0. The number of cyclic esters (lactones) is 1. The predicted octanol–water partition coefficient (Wildman–Crippen LogP) is 2.96. The van der Waals surface area contributed by atoms with Gasteiger partial charge in [0.15, 0.2) is 8.32 Å². The second-order valence-corrected chi connectivity index (χ2v) is 12.2. The quantitative estimate of drug-likeness (QED) is 0.641. The Balaban J connectivity index is 2.92. The molecule has 4 atom stereocenters. The molecule has 0 radical (unpaired) electrons. The smallest absolute Gasteiger partial charge is 0.311 e. The molecule has 1 aliphatic heterocycles. The van der Waals surface area contributed by atoms with Crippen LogP contribution >= 0.6 is 0 Å². The molecule has 1 heterocycles. The van der Waals surface area contributed by atoms with Crippen LogP contribution in [0.25, 0.3) is 0 Å². The van der Waals surface area contributed by atoms with Gasteiger partial charge in [-0.15, -0.1) is 0 Å². The minimum atomic E-state index is -1.93. The van der Waals surface area contributed by atoms with Gasteiger partial charge in [-0.3, -0.25) is 4.79 Å². The van der Waals surface area contributed by atoms with Crippen molar-refractivity contribution in [1.82, 2.24) is 0 Å². The molecule has 118 valence electrons. The number of ether oxygens (including phenoxy) is 1. The van der Waals surface area contributed by atoms with Crippen LogP contribution in [0.1, 0.15) is 41.0 Å². The number of aliphatic hydroxyl groups excluding tert-OH is 1. The summed E-state index contributed by atoms with van der Waals surface area (Å²) < 4.78 is 11.9. The molecule has 0 aromatic heterocycles. The van der Waals surface area contributed by atoms with Gasteiger partial charge in [-0.2, -0.15) is 0 Å². The van der Waals surface area contributed by atoms with Crippen LogP contribution in [-0.4, -0.2) is 38.2 Å². The Morgan fingerprint density at radius 3 is 2.30 bits per heavy atom. The zero-order chi connectivity index (χ0) is 15.7. The van der Waals surface area contributed by atoms with Crippen molar-refractivity contribution in [3.05, 3.63) is 0 Å². The Morgan fingerprint density at radius 2 is 1.85 bits per heavy atom. The predicted molar refractivity (Wildman–Crippen MR) is 82.0 cm³/mol. The summed E-state index contributed by atoms with van der Waals surface area (Å²) in [6, 6.07) is 0. The molecule has 1 fully saturated rings. The van der Waals surface area contributed by atoms with Gasteiger partial charge in [0.1, 0.15) is 6.10 Å². The molecular formula is C15H30O4Si. The van der Waals surface area contributed by atoms with Crippen molar-refractivity contribution in [2.24, 2.45) is 11.8 Å². The molecule has 0 amide bonds. The van der Waals surface area contributed by atoms with Crippen LogP contribution in [0.2, 0.25) is 18.1 Å². The van der Waals surface area contributed by atoms with Crippen molar-refractivity contribution in [3.8, 4) is 0 Å². The van der Waals surface area contributed by atoms with Crippen molar-refractivity contribution >= 4 is 14.3 Å². The summed E-state index contributed by atoms with van der Waals surface area (Å²) >= 11 is 0. The molecule has 1 rings (SSSR count). The SMILES string of the molecule is C[C@H]1[C@@H](O[Si](C)(C)C(C)(C)C)[C@@H](C)C(=O)O[C@H]1CCO. The monoisotopic (exact) mass is 302 g/mol. The largest absolute Gasteiger partial charge is 0.462 e. The highest BCUT2D eigenvalue weighted by Crippen LogP contribution is 2.41. The number of carbonyl (C=O) groups is 1. The third-order valence-electron chi connectivity index (χ3n) is 4.89. The van der Waals surface area contributed by atoms with Gasteiger partial charge in [-0.25, -0.2) is 0 Å². The van der Waals surface area contributed by atoms with Gasteiger partial charge in [-0.05, 0) is 25.1 Å². The van der Waals surface area contributed by atoms with E-state index in [2.05, 4.69) is 40.8 Å². The Morgan fingerprint density at radius 1 is 1.30 bits per heavy atom. The molecule has 1 saturated heterocycles. The molecule has 0 aliphatic carbocycles. The summed E-state index contributed by atoms with van der Waals surface area (Å²) in [5.74, 6) is -0.330. The number of hydrogen-bond donors (Lipinski definition) is 1. The van der Waals surface area contributed by atoms with E-state index in [-0.39, 0.29) is 41.7 Å². The highest BCUT2D eigenvalue weighted by molar-refractivity contribution is 6.74. The van der Waals surface area contributed by atoms with Gasteiger partial charge in [0.2, 0.25) is 0 Å². The van der Waals surface area contributed by atoms with Gasteiger partial charge in [-0.1, -0.05) is 27.7 Å². The lowest BCUT2D eigenvalue weighted by molar-refractivity contribution is -0.177. The van der Waals surface area contributed by atoms with Gasteiger partial charge < -0.3 is 14.3 Å². The first-order chi connectivity index (χ1) is 9.01. The molecule has 1 aliphatic rings. The molecule has 0 bridgehead atoms. The van der Waals surface area contributed by atoms with E-state index >= 15 is 0 Å². The maximum Gasteiger partial charge on any atom is 0.311 e. The molecule has 0 spiro atoms. The van der Waals surface area contributed by atoms with Crippen molar-refractivity contribution in [1.29, 1.82) is 0 Å². The van der Waals surface area contributed by atoms with E-state index in [9.17, 15) is 4.79 Å². The Bertz CT molecular complexity index is 348. The van der Waals surface area contributed by atoms with E-state index in [1.54, 1.807) is 0 Å². The van der Waals surface area contributed by atoms with E-state index in [4.69, 9.17) is 14.3 Å². The number of rotatable bonds is 4. The third kappa shape index (κ3) is 3.62. The topological polar surface area (TPSA) is 55.8 Å². The second kappa shape index (κ2) is 6.16. The minimum Gasteiger partial charge on any atom is -0.462 e. The lowest BCUT2D eigenvalue weighted by atomic mass is 9.85. The van der Waals surface area contributed by atoms with Crippen molar-refractivity contribution in [3.63, 3.8) is 0 Å². The average molecular weight is 302 g/mol. The second-order valence-electron chi connectivity index (χ2n) is 7.48. The third-order valence-corrected chi connectivity index (χ3v) is 9.36. The summed E-state index contributed by atoms with van der Waals surface area (Å²) in [6.07, 6.45) is 0.129. The first-order valence-corrected chi connectivity index (χ1v) is 10.4.